The zero-order chi connectivity index (χ0) is 8.93. The molecule has 0 aliphatic rings. The number of benzene rings is 2. The molecule has 2 aromatic rings. The molecule has 0 saturated carbocycles. The molecule has 0 fully saturated rings. The van der Waals surface area contributed by atoms with Gasteiger partial charge in [-0.2, -0.15) is 0 Å². The quantitative estimate of drug-likeness (QED) is 0.541. The van der Waals surface area contributed by atoms with E-state index in [9.17, 15) is 0 Å². The van der Waals surface area contributed by atoms with Crippen LogP contribution < -0.4 is 10.6 Å². The van der Waals surface area contributed by atoms with Crippen molar-refractivity contribution in [3.05, 3.63) is 60.7 Å². The molecular formula is C12H11KP. The van der Waals surface area contributed by atoms with Crippen molar-refractivity contribution in [3.8, 4) is 0 Å². The molecule has 14 heavy (non-hydrogen) atoms. The summed E-state index contributed by atoms with van der Waals surface area (Å²) in [5.74, 6) is 0. The molecule has 1 radical (unpaired) electrons. The van der Waals surface area contributed by atoms with Crippen LogP contribution in [-0.4, -0.2) is 51.4 Å². The van der Waals surface area contributed by atoms with Crippen molar-refractivity contribution in [2.45, 2.75) is 0 Å². The van der Waals surface area contributed by atoms with Gasteiger partial charge in [0.25, 0.3) is 0 Å². The third kappa shape index (κ3) is 3.94. The minimum Gasteiger partial charge on any atom is -0.0622 e. The Morgan fingerprint density at radius 3 is 1.29 bits per heavy atom. The van der Waals surface area contributed by atoms with Crippen LogP contribution in [0.5, 0.6) is 0 Å². The van der Waals surface area contributed by atoms with E-state index in [1.54, 1.807) is 0 Å². The molecule has 0 unspecified atom stereocenters. The Hall–Kier alpha value is 0.506. The molecule has 0 atom stereocenters. The molecule has 0 bridgehead atoms. The van der Waals surface area contributed by atoms with E-state index in [4.69, 9.17) is 0 Å². The van der Waals surface area contributed by atoms with Gasteiger partial charge in [-0.1, -0.05) is 69.2 Å². The maximum atomic E-state index is 2.17. The van der Waals surface area contributed by atoms with E-state index < -0.39 is 0 Å². The molecule has 2 heteroatoms. The van der Waals surface area contributed by atoms with Gasteiger partial charge in [-0.15, -0.1) is 0 Å². The third-order valence-electron chi connectivity index (χ3n) is 1.84. The van der Waals surface area contributed by atoms with Crippen LogP contribution in [0.4, 0.5) is 0 Å². The Morgan fingerprint density at radius 1 is 0.571 bits per heavy atom. The Kier molecular flexibility index (Phi) is 6.19. The first-order valence-corrected chi connectivity index (χ1v) is 5.32. The minimum atomic E-state index is 0. The zero-order valence-electron chi connectivity index (χ0n) is 8.27. The molecule has 65 valence electrons. The number of hydrogen-bond donors (Lipinski definition) is 0. The van der Waals surface area contributed by atoms with Gasteiger partial charge in [0.05, 0.1) is 0 Å². The van der Waals surface area contributed by atoms with Gasteiger partial charge in [-0.05, 0) is 10.6 Å². The molecule has 2 rings (SSSR count). The first kappa shape index (κ1) is 12.6. The Bertz CT molecular complexity index is 321. The van der Waals surface area contributed by atoms with Crippen LogP contribution in [0.2, 0.25) is 0 Å². The molecule has 0 N–H and O–H groups in total. The van der Waals surface area contributed by atoms with E-state index in [0.29, 0.717) is 0 Å². The molecule has 0 saturated heterocycles. The summed E-state index contributed by atoms with van der Waals surface area (Å²) < 4.78 is 0. The second-order valence-electron chi connectivity index (χ2n) is 2.86. The summed E-state index contributed by atoms with van der Waals surface area (Å²) in [6.45, 7) is 0. The fourth-order valence-electron chi connectivity index (χ4n) is 1.21. The van der Waals surface area contributed by atoms with Crippen molar-refractivity contribution in [2.75, 3.05) is 0 Å². The topological polar surface area (TPSA) is 0 Å². The van der Waals surface area contributed by atoms with E-state index in [-0.39, 0.29) is 51.4 Å². The second-order valence-corrected chi connectivity index (χ2v) is 4.26. The van der Waals surface area contributed by atoms with Crippen LogP contribution in [0.1, 0.15) is 0 Å². The van der Waals surface area contributed by atoms with Gasteiger partial charge in [0.2, 0.25) is 0 Å². The summed E-state index contributed by atoms with van der Waals surface area (Å²) in [4.78, 5) is 0. The molecule has 0 heterocycles. The van der Waals surface area contributed by atoms with Crippen LogP contribution in [-0.2, 0) is 0 Å². The van der Waals surface area contributed by atoms with Crippen molar-refractivity contribution in [3.63, 3.8) is 0 Å². The smallest absolute Gasteiger partial charge is 0 e. The SMILES string of the molecule is [K].c1ccc(Pc2ccccc2)cc1. The fraction of sp³-hybridized carbons (Fsp3) is 0. The molecular weight excluding hydrogens is 214 g/mol. The van der Waals surface area contributed by atoms with E-state index >= 15 is 0 Å². The van der Waals surface area contributed by atoms with Crippen LogP contribution in [0, 0.1) is 0 Å². The van der Waals surface area contributed by atoms with Crippen molar-refractivity contribution >= 4 is 70.6 Å². The first-order chi connectivity index (χ1) is 6.45. The normalized spacial score (nSPS) is 9.14. The van der Waals surface area contributed by atoms with Crippen molar-refractivity contribution in [2.24, 2.45) is 0 Å². The summed E-state index contributed by atoms with van der Waals surface area (Å²) in [5.41, 5.74) is 0. The number of hydrogen-bond acceptors (Lipinski definition) is 0. The zero-order valence-corrected chi connectivity index (χ0v) is 12.4. The maximum absolute atomic E-state index is 2.17. The molecule has 0 aromatic heterocycles. The summed E-state index contributed by atoms with van der Waals surface area (Å²) >= 11 is 0. The van der Waals surface area contributed by atoms with E-state index in [0.717, 1.165) is 8.58 Å². The van der Waals surface area contributed by atoms with Crippen LogP contribution in [0.25, 0.3) is 0 Å². The number of rotatable bonds is 2. The predicted octanol–water partition coefficient (Wildman–Crippen LogP) is 1.94. The molecule has 0 nitrogen and oxygen atoms in total. The van der Waals surface area contributed by atoms with Crippen molar-refractivity contribution in [1.82, 2.24) is 0 Å². The Morgan fingerprint density at radius 2 is 0.929 bits per heavy atom. The summed E-state index contributed by atoms with van der Waals surface area (Å²) in [7, 11) is 0.777. The Labute approximate surface area is 129 Å². The average Bonchev–Trinajstić information content (AvgIpc) is 2.21. The molecule has 0 aliphatic carbocycles. The third-order valence-corrected chi connectivity index (χ3v) is 3.08. The van der Waals surface area contributed by atoms with Gasteiger partial charge >= 0.3 is 0 Å². The first-order valence-electron chi connectivity index (χ1n) is 4.32. The van der Waals surface area contributed by atoms with Gasteiger partial charge in [0.15, 0.2) is 0 Å². The monoisotopic (exact) mass is 225 g/mol. The van der Waals surface area contributed by atoms with E-state index in [1.165, 1.54) is 10.6 Å². The summed E-state index contributed by atoms with van der Waals surface area (Å²) in [5, 5.41) is 2.79. The summed E-state index contributed by atoms with van der Waals surface area (Å²) in [6, 6.07) is 21.2. The molecule has 0 aliphatic heterocycles. The maximum Gasteiger partial charge on any atom is 0 e. The molecule has 2 aromatic carbocycles. The van der Waals surface area contributed by atoms with Crippen LogP contribution in [0.15, 0.2) is 60.7 Å². The van der Waals surface area contributed by atoms with E-state index in [2.05, 4.69) is 60.7 Å². The van der Waals surface area contributed by atoms with Gasteiger partial charge in [-0.25, -0.2) is 0 Å². The minimum absolute atomic E-state index is 0. The van der Waals surface area contributed by atoms with Crippen molar-refractivity contribution < 1.29 is 0 Å². The largest absolute Gasteiger partial charge is 0.0622 e. The fourth-order valence-corrected chi connectivity index (χ4v) is 2.26. The van der Waals surface area contributed by atoms with Crippen molar-refractivity contribution in [1.29, 1.82) is 0 Å². The average molecular weight is 225 g/mol. The standard InChI is InChI=1S/C12H11P.K/c1-3-7-11(8-4-1)13-12-9-5-2-6-10-12;/h1-10,13H;. The van der Waals surface area contributed by atoms with Gasteiger partial charge < -0.3 is 0 Å². The van der Waals surface area contributed by atoms with Gasteiger partial charge in [0, 0.05) is 51.4 Å². The van der Waals surface area contributed by atoms with Crippen LogP contribution >= 0.6 is 8.58 Å². The van der Waals surface area contributed by atoms with Gasteiger partial charge in [0.1, 0.15) is 0 Å². The van der Waals surface area contributed by atoms with E-state index in [1.807, 2.05) is 0 Å². The molecule has 0 amide bonds. The summed E-state index contributed by atoms with van der Waals surface area (Å²) in [6.07, 6.45) is 0. The molecule has 0 spiro atoms. The Balaban J connectivity index is 0.000000980. The van der Waals surface area contributed by atoms with Gasteiger partial charge in [-0.3, -0.25) is 0 Å². The van der Waals surface area contributed by atoms with Crippen LogP contribution in [0.3, 0.4) is 0 Å². The predicted molar refractivity (Wildman–Crippen MR) is 66.2 cm³/mol. The second kappa shape index (κ2) is 6.89.